The molecule has 4 rings (SSSR count). The van der Waals surface area contributed by atoms with Gasteiger partial charge in [0.25, 0.3) is 5.91 Å². The van der Waals surface area contributed by atoms with E-state index in [9.17, 15) is 18.0 Å². The van der Waals surface area contributed by atoms with Gasteiger partial charge in [-0.2, -0.15) is 13.2 Å². The van der Waals surface area contributed by atoms with Gasteiger partial charge in [0.2, 0.25) is 0 Å². The second-order valence-electron chi connectivity index (χ2n) is 9.04. The molecule has 2 aromatic carbocycles. The molecule has 10 heteroatoms. The van der Waals surface area contributed by atoms with E-state index in [4.69, 9.17) is 4.74 Å². The largest absolute Gasteiger partial charge is 0.497 e. The molecule has 0 radical (unpaired) electrons. The summed E-state index contributed by atoms with van der Waals surface area (Å²) in [6, 6.07) is 13.0. The van der Waals surface area contributed by atoms with Gasteiger partial charge in [-0.15, -0.1) is 11.3 Å². The molecule has 1 fully saturated rings. The highest BCUT2D eigenvalue weighted by atomic mass is 32.1. The molecule has 0 saturated carbocycles. The summed E-state index contributed by atoms with van der Waals surface area (Å²) in [5.74, 6) is 0.661. The van der Waals surface area contributed by atoms with Crippen LogP contribution in [0.25, 0.3) is 0 Å². The lowest BCUT2D eigenvalue weighted by molar-refractivity contribution is -0.137. The maximum Gasteiger partial charge on any atom is 0.416 e. The summed E-state index contributed by atoms with van der Waals surface area (Å²) in [5, 5.41) is 2.52. The summed E-state index contributed by atoms with van der Waals surface area (Å²) in [5.41, 5.74) is 1.31. The number of piperazine rings is 1. The van der Waals surface area contributed by atoms with Crippen molar-refractivity contribution < 1.29 is 22.7 Å². The van der Waals surface area contributed by atoms with E-state index in [0.29, 0.717) is 44.0 Å². The van der Waals surface area contributed by atoms with Gasteiger partial charge in [0.05, 0.1) is 19.2 Å². The van der Waals surface area contributed by atoms with E-state index in [2.05, 4.69) is 16.8 Å². The first-order chi connectivity index (χ1) is 17.7. The molecule has 1 aliphatic rings. The fourth-order valence-electron chi connectivity index (χ4n) is 4.36. The van der Waals surface area contributed by atoms with E-state index in [1.807, 2.05) is 34.1 Å². The SMILES string of the molecule is CCN1CCN(C(=O)c2csc(CN(Cc3ccc(OC)cc3)Cc3cccc(C(F)(F)F)c3)n2)CC1. The molecule has 0 aliphatic carbocycles. The van der Waals surface area contributed by atoms with Crippen molar-refractivity contribution in [2.24, 2.45) is 0 Å². The third kappa shape index (κ3) is 7.30. The predicted octanol–water partition coefficient (Wildman–Crippen LogP) is 5.15. The number of benzene rings is 2. The van der Waals surface area contributed by atoms with Gasteiger partial charge in [0, 0.05) is 44.6 Å². The van der Waals surface area contributed by atoms with E-state index in [-0.39, 0.29) is 5.91 Å². The lowest BCUT2D eigenvalue weighted by Crippen LogP contribution is -2.48. The molecule has 0 N–H and O–H groups in total. The lowest BCUT2D eigenvalue weighted by atomic mass is 10.1. The van der Waals surface area contributed by atoms with Gasteiger partial charge in [-0.05, 0) is 35.9 Å². The Bertz CT molecular complexity index is 1170. The molecular formula is C27H31F3N4O2S. The monoisotopic (exact) mass is 532 g/mol. The Morgan fingerprint density at radius 3 is 2.38 bits per heavy atom. The smallest absolute Gasteiger partial charge is 0.416 e. The van der Waals surface area contributed by atoms with Crippen LogP contribution in [0.1, 0.15) is 39.1 Å². The van der Waals surface area contributed by atoms with E-state index in [1.165, 1.54) is 23.5 Å². The zero-order chi connectivity index (χ0) is 26.4. The van der Waals surface area contributed by atoms with E-state index in [0.717, 1.165) is 42.0 Å². The molecule has 3 aromatic rings. The van der Waals surface area contributed by atoms with Gasteiger partial charge in [0.1, 0.15) is 16.5 Å². The lowest BCUT2D eigenvalue weighted by Gasteiger charge is -2.33. The molecule has 1 saturated heterocycles. The van der Waals surface area contributed by atoms with Crippen LogP contribution in [0.2, 0.25) is 0 Å². The first-order valence-corrected chi connectivity index (χ1v) is 13.1. The number of thiazole rings is 1. The molecule has 0 bridgehead atoms. The van der Waals surface area contributed by atoms with Crippen molar-refractivity contribution in [1.82, 2.24) is 19.7 Å². The predicted molar refractivity (Wildman–Crippen MR) is 138 cm³/mol. The normalized spacial score (nSPS) is 14.8. The van der Waals surface area contributed by atoms with Crippen LogP contribution in [-0.2, 0) is 25.8 Å². The molecule has 1 aliphatic heterocycles. The number of halogens is 3. The summed E-state index contributed by atoms with van der Waals surface area (Å²) in [6.45, 7) is 7.36. The number of carbonyl (C=O) groups excluding carboxylic acids is 1. The van der Waals surface area contributed by atoms with Crippen molar-refractivity contribution in [3.05, 3.63) is 81.3 Å². The second-order valence-corrected chi connectivity index (χ2v) is 9.99. The summed E-state index contributed by atoms with van der Waals surface area (Å²) >= 11 is 1.40. The number of hydrogen-bond donors (Lipinski definition) is 0. The van der Waals surface area contributed by atoms with Crippen LogP contribution in [0.15, 0.2) is 53.9 Å². The number of aromatic nitrogens is 1. The Hall–Kier alpha value is -2.95. The average molecular weight is 533 g/mol. The van der Waals surface area contributed by atoms with Gasteiger partial charge >= 0.3 is 6.18 Å². The van der Waals surface area contributed by atoms with Crippen molar-refractivity contribution >= 4 is 17.2 Å². The van der Waals surface area contributed by atoms with Gasteiger partial charge in [-0.25, -0.2) is 4.98 Å². The number of rotatable bonds is 9. The van der Waals surface area contributed by atoms with Crippen molar-refractivity contribution in [2.45, 2.75) is 32.7 Å². The van der Waals surface area contributed by atoms with Crippen LogP contribution in [0.5, 0.6) is 5.75 Å². The minimum absolute atomic E-state index is 0.0714. The van der Waals surface area contributed by atoms with Gasteiger partial charge in [0.15, 0.2) is 0 Å². The quantitative estimate of drug-likeness (QED) is 0.382. The topological polar surface area (TPSA) is 48.9 Å². The number of methoxy groups -OCH3 is 1. The molecule has 0 spiro atoms. The molecule has 1 aromatic heterocycles. The Morgan fingerprint density at radius 2 is 1.73 bits per heavy atom. The number of carbonyl (C=O) groups is 1. The molecule has 6 nitrogen and oxygen atoms in total. The van der Waals surface area contributed by atoms with Crippen LogP contribution < -0.4 is 4.74 Å². The highest BCUT2D eigenvalue weighted by Gasteiger charge is 2.30. The molecule has 0 atom stereocenters. The van der Waals surface area contributed by atoms with Crippen molar-refractivity contribution in [2.75, 3.05) is 39.8 Å². The minimum Gasteiger partial charge on any atom is -0.497 e. The number of likely N-dealkylation sites (N-methyl/N-ethyl adjacent to an activating group) is 1. The summed E-state index contributed by atoms with van der Waals surface area (Å²) < 4.78 is 45.0. The standard InChI is InChI=1S/C27H31F3N4O2S/c1-3-32-11-13-34(14-12-32)26(35)24-19-37-25(31-24)18-33(16-20-7-9-23(36-2)10-8-20)17-21-5-4-6-22(15-21)27(28,29)30/h4-10,15,19H,3,11-14,16-18H2,1-2H3. The third-order valence-corrected chi connectivity index (χ3v) is 7.30. The molecule has 198 valence electrons. The van der Waals surface area contributed by atoms with Crippen LogP contribution in [-0.4, -0.2) is 65.4 Å². The Balaban J connectivity index is 1.49. The zero-order valence-corrected chi connectivity index (χ0v) is 21.8. The Kier molecular flexibility index (Phi) is 8.83. The third-order valence-electron chi connectivity index (χ3n) is 6.46. The highest BCUT2D eigenvalue weighted by Crippen LogP contribution is 2.30. The second kappa shape index (κ2) is 12.1. The molecule has 1 amide bonds. The maximum atomic E-state index is 13.3. The van der Waals surface area contributed by atoms with E-state index < -0.39 is 11.7 Å². The van der Waals surface area contributed by atoms with Crippen molar-refractivity contribution in [3.8, 4) is 5.75 Å². The summed E-state index contributed by atoms with van der Waals surface area (Å²) in [4.78, 5) is 23.8. The molecular weight excluding hydrogens is 501 g/mol. The van der Waals surface area contributed by atoms with Crippen LogP contribution in [0, 0.1) is 0 Å². The fourth-order valence-corrected chi connectivity index (χ4v) is 5.17. The first kappa shape index (κ1) is 27.1. The van der Waals surface area contributed by atoms with Crippen LogP contribution in [0.4, 0.5) is 13.2 Å². The minimum atomic E-state index is -4.40. The number of alkyl halides is 3. The average Bonchev–Trinajstić information content (AvgIpc) is 3.37. The van der Waals surface area contributed by atoms with Crippen LogP contribution >= 0.6 is 11.3 Å². The number of nitrogens with zero attached hydrogens (tertiary/aromatic N) is 4. The fraction of sp³-hybridized carbons (Fsp3) is 0.407. The van der Waals surface area contributed by atoms with E-state index >= 15 is 0 Å². The van der Waals surface area contributed by atoms with E-state index in [1.54, 1.807) is 18.6 Å². The number of amides is 1. The van der Waals surface area contributed by atoms with Crippen LogP contribution in [0.3, 0.4) is 0 Å². The molecule has 37 heavy (non-hydrogen) atoms. The maximum absolute atomic E-state index is 13.3. The highest BCUT2D eigenvalue weighted by molar-refractivity contribution is 7.09. The number of ether oxygens (including phenoxy) is 1. The van der Waals surface area contributed by atoms with Crippen molar-refractivity contribution in [3.63, 3.8) is 0 Å². The summed E-state index contributed by atoms with van der Waals surface area (Å²) in [7, 11) is 1.60. The Labute approximate surface area is 219 Å². The van der Waals surface area contributed by atoms with Gasteiger partial charge < -0.3 is 14.5 Å². The Morgan fingerprint density at radius 1 is 1.03 bits per heavy atom. The zero-order valence-electron chi connectivity index (χ0n) is 21.0. The molecule has 2 heterocycles. The van der Waals surface area contributed by atoms with Gasteiger partial charge in [-0.1, -0.05) is 37.3 Å². The van der Waals surface area contributed by atoms with Crippen molar-refractivity contribution in [1.29, 1.82) is 0 Å². The van der Waals surface area contributed by atoms with Gasteiger partial charge in [-0.3, -0.25) is 9.69 Å². The summed E-state index contributed by atoms with van der Waals surface area (Å²) in [6.07, 6.45) is -4.40. The number of hydrogen-bond acceptors (Lipinski definition) is 6. The molecule has 0 unspecified atom stereocenters. The first-order valence-electron chi connectivity index (χ1n) is 12.2.